The van der Waals surface area contributed by atoms with Crippen LogP contribution in [0.25, 0.3) is 10.9 Å². The molecule has 0 unspecified atom stereocenters. The van der Waals surface area contributed by atoms with Gasteiger partial charge in [-0.2, -0.15) is 0 Å². The molecule has 1 aromatic heterocycles. The first-order valence-corrected chi connectivity index (χ1v) is 9.53. The fourth-order valence-corrected chi connectivity index (χ4v) is 3.89. The van der Waals surface area contributed by atoms with Crippen LogP contribution in [0.3, 0.4) is 0 Å². The van der Waals surface area contributed by atoms with E-state index >= 15 is 0 Å². The minimum Gasteiger partial charge on any atom is -0.465 e. The number of methoxy groups -OCH3 is 1. The molecule has 7 nitrogen and oxygen atoms in total. The van der Waals surface area contributed by atoms with Crippen LogP contribution in [-0.2, 0) is 21.6 Å². The standard InChI is InChI=1S/C23H21N3O4/c1-14-16-11-7-8-12-17(16)24-18(19(14)20(27)30-3)13-26-21(28)23(2,25-22(26)29)15-9-5-4-6-10-15/h4-12H,13H2,1-3H3,(H,25,29)/t23-/m0/s1. The largest absolute Gasteiger partial charge is 0.465 e. The molecule has 152 valence electrons. The van der Waals surface area contributed by atoms with Gasteiger partial charge >= 0.3 is 12.0 Å². The molecule has 0 radical (unpaired) electrons. The number of carbonyl (C=O) groups is 3. The molecule has 1 saturated heterocycles. The van der Waals surface area contributed by atoms with E-state index < -0.39 is 23.4 Å². The highest BCUT2D eigenvalue weighted by Gasteiger charge is 2.49. The number of esters is 1. The van der Waals surface area contributed by atoms with Crippen molar-refractivity contribution in [3.05, 3.63) is 77.0 Å². The maximum atomic E-state index is 13.2. The van der Waals surface area contributed by atoms with Crippen molar-refractivity contribution in [1.82, 2.24) is 15.2 Å². The van der Waals surface area contributed by atoms with E-state index in [1.165, 1.54) is 7.11 Å². The molecular formula is C23H21N3O4. The number of amides is 3. The average Bonchev–Trinajstić information content (AvgIpc) is 2.98. The Morgan fingerprint density at radius 1 is 1.10 bits per heavy atom. The second-order valence-corrected chi connectivity index (χ2v) is 7.38. The number of nitrogens with zero attached hydrogens (tertiary/aromatic N) is 2. The van der Waals surface area contributed by atoms with Gasteiger partial charge in [-0.3, -0.25) is 9.69 Å². The first-order valence-electron chi connectivity index (χ1n) is 9.53. The predicted molar refractivity (Wildman–Crippen MR) is 111 cm³/mol. The number of urea groups is 1. The molecule has 3 aromatic rings. The molecule has 7 heteroatoms. The third kappa shape index (κ3) is 2.99. The smallest absolute Gasteiger partial charge is 0.340 e. The molecule has 0 spiro atoms. The summed E-state index contributed by atoms with van der Waals surface area (Å²) in [4.78, 5) is 44.2. The minimum absolute atomic E-state index is 0.136. The zero-order valence-corrected chi connectivity index (χ0v) is 16.9. The van der Waals surface area contributed by atoms with Crippen LogP contribution in [0.4, 0.5) is 4.79 Å². The summed E-state index contributed by atoms with van der Waals surface area (Å²) < 4.78 is 4.95. The molecule has 1 aliphatic heterocycles. The van der Waals surface area contributed by atoms with Crippen LogP contribution in [0.15, 0.2) is 54.6 Å². The predicted octanol–water partition coefficient (Wildman–Crippen LogP) is 3.30. The van der Waals surface area contributed by atoms with Gasteiger partial charge in [0.15, 0.2) is 0 Å². The van der Waals surface area contributed by atoms with Gasteiger partial charge in [0.25, 0.3) is 5.91 Å². The Morgan fingerprint density at radius 3 is 2.47 bits per heavy atom. The SMILES string of the molecule is COC(=O)c1c(CN2C(=O)N[C@@](C)(c3ccccc3)C2=O)nc2ccccc2c1C. The Kier molecular flexibility index (Phi) is 4.73. The van der Waals surface area contributed by atoms with E-state index in [1.807, 2.05) is 42.5 Å². The highest BCUT2D eigenvalue weighted by Crippen LogP contribution is 2.31. The number of fused-ring (bicyclic) bond motifs is 1. The maximum Gasteiger partial charge on any atom is 0.340 e. The summed E-state index contributed by atoms with van der Waals surface area (Å²) in [6.45, 7) is 3.34. The molecule has 30 heavy (non-hydrogen) atoms. The number of ether oxygens (including phenoxy) is 1. The van der Waals surface area contributed by atoms with E-state index in [9.17, 15) is 14.4 Å². The van der Waals surface area contributed by atoms with E-state index in [1.54, 1.807) is 26.0 Å². The molecular weight excluding hydrogens is 382 g/mol. The molecule has 1 aliphatic rings. The third-order valence-electron chi connectivity index (χ3n) is 5.55. The van der Waals surface area contributed by atoms with Gasteiger partial charge in [0.05, 0.1) is 30.4 Å². The number of aromatic nitrogens is 1. The normalized spacial score (nSPS) is 18.6. The first-order chi connectivity index (χ1) is 14.4. The zero-order valence-electron chi connectivity index (χ0n) is 16.9. The van der Waals surface area contributed by atoms with Crippen LogP contribution >= 0.6 is 0 Å². The van der Waals surface area contributed by atoms with Gasteiger partial charge in [0.1, 0.15) is 5.54 Å². The Morgan fingerprint density at radius 2 is 1.77 bits per heavy atom. The van der Waals surface area contributed by atoms with Crippen LogP contribution < -0.4 is 5.32 Å². The number of pyridine rings is 1. The van der Waals surface area contributed by atoms with Crippen molar-refractivity contribution >= 4 is 28.8 Å². The van der Waals surface area contributed by atoms with Crippen molar-refractivity contribution in [1.29, 1.82) is 0 Å². The van der Waals surface area contributed by atoms with Crippen molar-refractivity contribution in [3.8, 4) is 0 Å². The Hall–Kier alpha value is -3.74. The number of para-hydroxylation sites is 1. The Bertz CT molecular complexity index is 1180. The highest BCUT2D eigenvalue weighted by molar-refractivity contribution is 6.07. The van der Waals surface area contributed by atoms with Gasteiger partial charge in [-0.05, 0) is 31.0 Å². The zero-order chi connectivity index (χ0) is 21.5. The van der Waals surface area contributed by atoms with Crippen LogP contribution in [0.2, 0.25) is 0 Å². The van der Waals surface area contributed by atoms with E-state index in [0.29, 0.717) is 22.3 Å². The fraction of sp³-hybridized carbons (Fsp3) is 0.217. The number of hydrogen-bond donors (Lipinski definition) is 1. The molecule has 0 bridgehead atoms. The number of rotatable bonds is 4. The van der Waals surface area contributed by atoms with Gasteiger partial charge in [-0.1, -0.05) is 48.5 Å². The topological polar surface area (TPSA) is 88.6 Å². The monoisotopic (exact) mass is 403 g/mol. The van der Waals surface area contributed by atoms with Crippen LogP contribution in [-0.4, -0.2) is 34.9 Å². The first kappa shape index (κ1) is 19.6. The van der Waals surface area contributed by atoms with Crippen LogP contribution in [0, 0.1) is 6.92 Å². The van der Waals surface area contributed by atoms with Crippen molar-refractivity contribution in [2.75, 3.05) is 7.11 Å². The maximum absolute atomic E-state index is 13.2. The van der Waals surface area contributed by atoms with Gasteiger partial charge in [-0.15, -0.1) is 0 Å². The number of imide groups is 1. The van der Waals surface area contributed by atoms with E-state index in [4.69, 9.17) is 4.74 Å². The van der Waals surface area contributed by atoms with Crippen molar-refractivity contribution in [3.63, 3.8) is 0 Å². The molecule has 0 aliphatic carbocycles. The van der Waals surface area contributed by atoms with Gasteiger partial charge < -0.3 is 10.1 Å². The lowest BCUT2D eigenvalue weighted by Gasteiger charge is -2.22. The number of nitrogens with one attached hydrogen (secondary N) is 1. The lowest BCUT2D eigenvalue weighted by molar-refractivity contribution is -0.131. The van der Waals surface area contributed by atoms with Crippen LogP contribution in [0.1, 0.15) is 34.1 Å². The summed E-state index contributed by atoms with van der Waals surface area (Å²) in [6, 6.07) is 15.9. The third-order valence-corrected chi connectivity index (χ3v) is 5.55. The van der Waals surface area contributed by atoms with E-state index in [-0.39, 0.29) is 12.1 Å². The number of aryl methyl sites for hydroxylation is 1. The lowest BCUT2D eigenvalue weighted by Crippen LogP contribution is -2.40. The Balaban J connectivity index is 1.78. The van der Waals surface area contributed by atoms with Gasteiger partial charge in [0.2, 0.25) is 0 Å². The summed E-state index contributed by atoms with van der Waals surface area (Å²) in [5.41, 5.74) is 1.46. The second kappa shape index (κ2) is 7.26. The number of benzene rings is 2. The second-order valence-electron chi connectivity index (χ2n) is 7.38. The van der Waals surface area contributed by atoms with Crippen molar-refractivity contribution in [2.45, 2.75) is 25.9 Å². The summed E-state index contributed by atoms with van der Waals surface area (Å²) in [5.74, 6) is -0.958. The summed E-state index contributed by atoms with van der Waals surface area (Å²) >= 11 is 0. The molecule has 1 N–H and O–H groups in total. The average molecular weight is 403 g/mol. The molecule has 2 aromatic carbocycles. The number of hydrogen-bond acceptors (Lipinski definition) is 5. The number of carbonyl (C=O) groups excluding carboxylic acids is 3. The van der Waals surface area contributed by atoms with Gasteiger partial charge in [0, 0.05) is 5.39 Å². The molecule has 2 heterocycles. The summed E-state index contributed by atoms with van der Waals surface area (Å²) in [5, 5.41) is 3.59. The van der Waals surface area contributed by atoms with Crippen molar-refractivity contribution in [2.24, 2.45) is 0 Å². The summed E-state index contributed by atoms with van der Waals surface area (Å²) in [7, 11) is 1.29. The fourth-order valence-electron chi connectivity index (χ4n) is 3.89. The Labute approximate surface area is 173 Å². The molecule has 3 amide bonds. The van der Waals surface area contributed by atoms with Crippen molar-refractivity contribution < 1.29 is 19.1 Å². The van der Waals surface area contributed by atoms with E-state index in [2.05, 4.69) is 10.3 Å². The molecule has 0 saturated carbocycles. The molecule has 1 atom stereocenters. The van der Waals surface area contributed by atoms with E-state index in [0.717, 1.165) is 10.3 Å². The molecule has 1 fully saturated rings. The summed E-state index contributed by atoms with van der Waals surface area (Å²) in [6.07, 6.45) is 0. The van der Waals surface area contributed by atoms with Crippen LogP contribution in [0.5, 0.6) is 0 Å². The highest BCUT2D eigenvalue weighted by atomic mass is 16.5. The lowest BCUT2D eigenvalue weighted by atomic mass is 9.92. The molecule has 4 rings (SSSR count). The quantitative estimate of drug-likeness (QED) is 0.533. The van der Waals surface area contributed by atoms with Gasteiger partial charge in [-0.25, -0.2) is 14.6 Å². The minimum atomic E-state index is -1.18.